The molecule has 3 aliphatic rings. The van der Waals surface area contributed by atoms with Gasteiger partial charge in [-0.1, -0.05) is 12.8 Å². The maximum atomic E-state index is 5.69. The van der Waals surface area contributed by atoms with Crippen LogP contribution in [0, 0.1) is 17.8 Å². The molecule has 0 saturated heterocycles. The third kappa shape index (κ3) is 0.968. The molecule has 3 aliphatic carbocycles. The molecule has 2 bridgehead atoms. The Bertz CT molecular complexity index is 114. The van der Waals surface area contributed by atoms with E-state index in [0.29, 0.717) is 0 Å². The van der Waals surface area contributed by atoms with Crippen molar-refractivity contribution in [3.8, 4) is 0 Å². The van der Waals surface area contributed by atoms with E-state index >= 15 is 0 Å². The molecule has 0 heterocycles. The van der Waals surface area contributed by atoms with E-state index in [0.717, 1.165) is 24.3 Å². The van der Waals surface area contributed by atoms with Crippen LogP contribution in [0.4, 0.5) is 0 Å². The Labute approximate surface area is 63.0 Å². The molecule has 0 aromatic heterocycles. The Hall–Kier alpha value is -0.0400. The average Bonchev–Trinajstić information content (AvgIpc) is 2.06. The van der Waals surface area contributed by atoms with Crippen molar-refractivity contribution in [1.82, 2.24) is 0 Å². The summed E-state index contributed by atoms with van der Waals surface area (Å²) in [6, 6.07) is 0. The third-order valence-electron chi connectivity index (χ3n) is 3.50. The predicted octanol–water partition coefficient (Wildman–Crippen LogP) is 1.77. The smallest absolute Gasteiger partial charge is 0.00461 e. The molecule has 3 fully saturated rings. The van der Waals surface area contributed by atoms with Crippen LogP contribution in [0.1, 0.15) is 32.1 Å². The molecule has 2 N–H and O–H groups in total. The minimum atomic E-state index is 0.896. The Morgan fingerprint density at radius 3 is 2.10 bits per heavy atom. The first-order chi connectivity index (χ1) is 4.90. The van der Waals surface area contributed by atoms with Gasteiger partial charge in [-0.3, -0.25) is 0 Å². The predicted molar refractivity (Wildman–Crippen MR) is 42.6 cm³/mol. The van der Waals surface area contributed by atoms with Gasteiger partial charge >= 0.3 is 0 Å². The molecular weight excluding hydrogens is 122 g/mol. The molecule has 0 aromatic carbocycles. The zero-order chi connectivity index (χ0) is 6.97. The lowest BCUT2D eigenvalue weighted by molar-refractivity contribution is 0.104. The number of hydrogen-bond acceptors (Lipinski definition) is 1. The lowest BCUT2D eigenvalue weighted by Crippen LogP contribution is -2.35. The fourth-order valence-corrected chi connectivity index (χ4v) is 2.80. The van der Waals surface area contributed by atoms with Crippen LogP contribution < -0.4 is 5.73 Å². The first kappa shape index (κ1) is 6.66. The molecular formula is C9H17N. The molecule has 0 spiro atoms. The molecule has 3 saturated carbocycles. The van der Waals surface area contributed by atoms with Crippen LogP contribution in [-0.2, 0) is 0 Å². The quantitative estimate of drug-likeness (QED) is 0.588. The summed E-state index contributed by atoms with van der Waals surface area (Å²) in [7, 11) is 0. The zero-order valence-corrected chi connectivity index (χ0v) is 6.55. The minimum absolute atomic E-state index is 0.896. The Balaban J connectivity index is 2.01. The van der Waals surface area contributed by atoms with Crippen LogP contribution in [0.25, 0.3) is 0 Å². The van der Waals surface area contributed by atoms with Gasteiger partial charge in [-0.15, -0.1) is 0 Å². The van der Waals surface area contributed by atoms with Crippen molar-refractivity contribution in [3.63, 3.8) is 0 Å². The van der Waals surface area contributed by atoms with Gasteiger partial charge in [0.1, 0.15) is 0 Å². The van der Waals surface area contributed by atoms with Gasteiger partial charge in [-0.05, 0) is 43.6 Å². The van der Waals surface area contributed by atoms with Crippen molar-refractivity contribution >= 4 is 0 Å². The molecule has 0 aliphatic heterocycles. The molecule has 0 amide bonds. The van der Waals surface area contributed by atoms with Gasteiger partial charge in [0.15, 0.2) is 0 Å². The molecule has 1 atom stereocenters. The van der Waals surface area contributed by atoms with Crippen molar-refractivity contribution in [2.24, 2.45) is 23.5 Å². The molecule has 3 rings (SSSR count). The summed E-state index contributed by atoms with van der Waals surface area (Å²) in [6.45, 7) is 0.946. The maximum absolute atomic E-state index is 5.69. The van der Waals surface area contributed by atoms with E-state index in [1.807, 2.05) is 0 Å². The Morgan fingerprint density at radius 2 is 1.80 bits per heavy atom. The molecule has 10 heavy (non-hydrogen) atoms. The van der Waals surface area contributed by atoms with E-state index < -0.39 is 0 Å². The average molecular weight is 139 g/mol. The van der Waals surface area contributed by atoms with Crippen molar-refractivity contribution in [1.29, 1.82) is 0 Å². The van der Waals surface area contributed by atoms with Crippen LogP contribution >= 0.6 is 0 Å². The van der Waals surface area contributed by atoms with Gasteiger partial charge in [-0.2, -0.15) is 0 Å². The van der Waals surface area contributed by atoms with Crippen molar-refractivity contribution in [2.45, 2.75) is 32.1 Å². The molecule has 0 aromatic rings. The lowest BCUT2D eigenvalue weighted by atomic mass is 9.65. The summed E-state index contributed by atoms with van der Waals surface area (Å²) in [5.74, 6) is 2.96. The molecule has 58 valence electrons. The van der Waals surface area contributed by atoms with Gasteiger partial charge in [0.05, 0.1) is 0 Å². The van der Waals surface area contributed by atoms with Crippen LogP contribution in [0.5, 0.6) is 0 Å². The monoisotopic (exact) mass is 139 g/mol. The highest BCUT2D eigenvalue weighted by Crippen LogP contribution is 2.44. The SMILES string of the molecule is NCC1CC2CCC1CC2. The number of nitrogens with two attached hydrogens (primary N) is 1. The number of fused-ring (bicyclic) bond motifs is 3. The second-order valence-electron chi connectivity index (χ2n) is 4.01. The third-order valence-corrected chi connectivity index (χ3v) is 3.50. The van der Waals surface area contributed by atoms with Gasteiger partial charge < -0.3 is 5.73 Å². The summed E-state index contributed by atoms with van der Waals surface area (Å²) in [4.78, 5) is 0. The van der Waals surface area contributed by atoms with Crippen LogP contribution in [-0.4, -0.2) is 6.54 Å². The van der Waals surface area contributed by atoms with Crippen LogP contribution in [0.2, 0.25) is 0 Å². The molecule has 1 nitrogen and oxygen atoms in total. The largest absolute Gasteiger partial charge is 0.330 e. The van der Waals surface area contributed by atoms with Crippen molar-refractivity contribution < 1.29 is 0 Å². The summed E-state index contributed by atoms with van der Waals surface area (Å²) in [5, 5.41) is 0. The fraction of sp³-hybridized carbons (Fsp3) is 1.00. The van der Waals surface area contributed by atoms with E-state index in [9.17, 15) is 0 Å². The summed E-state index contributed by atoms with van der Waals surface area (Å²) in [6.07, 6.45) is 7.41. The van der Waals surface area contributed by atoms with Gasteiger partial charge in [0.2, 0.25) is 0 Å². The van der Waals surface area contributed by atoms with Crippen LogP contribution in [0.3, 0.4) is 0 Å². The van der Waals surface area contributed by atoms with E-state index in [2.05, 4.69) is 0 Å². The fourth-order valence-electron chi connectivity index (χ4n) is 2.80. The van der Waals surface area contributed by atoms with E-state index in [-0.39, 0.29) is 0 Å². The number of hydrogen-bond donors (Lipinski definition) is 1. The van der Waals surface area contributed by atoms with E-state index in [4.69, 9.17) is 5.73 Å². The highest BCUT2D eigenvalue weighted by atomic mass is 14.6. The number of rotatable bonds is 1. The first-order valence-electron chi connectivity index (χ1n) is 4.60. The summed E-state index contributed by atoms with van der Waals surface area (Å²) >= 11 is 0. The van der Waals surface area contributed by atoms with E-state index in [1.165, 1.54) is 32.1 Å². The normalized spacial score (nSPS) is 45.9. The Kier molecular flexibility index (Phi) is 1.69. The van der Waals surface area contributed by atoms with Gasteiger partial charge in [-0.25, -0.2) is 0 Å². The maximum Gasteiger partial charge on any atom is -0.00461 e. The van der Waals surface area contributed by atoms with Crippen molar-refractivity contribution in [2.75, 3.05) is 6.54 Å². The zero-order valence-electron chi connectivity index (χ0n) is 6.55. The summed E-state index contributed by atoms with van der Waals surface area (Å²) in [5.41, 5.74) is 5.69. The molecule has 1 unspecified atom stereocenters. The first-order valence-corrected chi connectivity index (χ1v) is 4.60. The summed E-state index contributed by atoms with van der Waals surface area (Å²) < 4.78 is 0. The highest BCUT2D eigenvalue weighted by molar-refractivity contribution is 4.86. The second-order valence-corrected chi connectivity index (χ2v) is 4.01. The Morgan fingerprint density at radius 1 is 1.10 bits per heavy atom. The highest BCUT2D eigenvalue weighted by Gasteiger charge is 2.34. The standard InChI is InChI=1S/C9H17N/c10-6-9-5-7-1-3-8(9)4-2-7/h7-9H,1-6,10H2. The van der Waals surface area contributed by atoms with Gasteiger partial charge in [0.25, 0.3) is 0 Å². The minimum Gasteiger partial charge on any atom is -0.330 e. The molecule has 0 radical (unpaired) electrons. The van der Waals surface area contributed by atoms with E-state index in [1.54, 1.807) is 0 Å². The van der Waals surface area contributed by atoms with Crippen molar-refractivity contribution in [3.05, 3.63) is 0 Å². The lowest BCUT2D eigenvalue weighted by Gasteiger charge is -2.41. The molecule has 1 heteroatoms. The van der Waals surface area contributed by atoms with Gasteiger partial charge in [0, 0.05) is 0 Å². The second kappa shape index (κ2) is 2.54. The van der Waals surface area contributed by atoms with Crippen LogP contribution in [0.15, 0.2) is 0 Å². The topological polar surface area (TPSA) is 26.0 Å².